The molecule has 6 rings (SSSR count). The van der Waals surface area contributed by atoms with Crippen LogP contribution < -0.4 is 0 Å². The smallest absolute Gasteiger partial charge is 0.109 e. The van der Waals surface area contributed by atoms with Crippen molar-refractivity contribution in [2.45, 2.75) is 25.4 Å². The lowest BCUT2D eigenvalue weighted by molar-refractivity contribution is -0.975. The zero-order valence-corrected chi connectivity index (χ0v) is 16.4. The summed E-state index contributed by atoms with van der Waals surface area (Å²) in [6.07, 6.45) is 11.5. The first-order valence-corrected chi connectivity index (χ1v) is 10.5. The number of allylic oxidation sites excluding steroid dienone is 2. The molecule has 2 aromatic rings. The lowest BCUT2D eigenvalue weighted by atomic mass is 9.72. The van der Waals surface area contributed by atoms with Crippen molar-refractivity contribution in [3.63, 3.8) is 0 Å². The SMILES string of the molecule is C=CC1C[N+]2(Cc3ccccc3)CCC1CC2/C=C1\C=C[N-]c2ccccc21. The largest absolute Gasteiger partial charge is 0.664 e. The Morgan fingerprint density at radius 3 is 2.75 bits per heavy atom. The maximum atomic E-state index is 4.55. The second-order valence-corrected chi connectivity index (χ2v) is 8.60. The molecule has 0 amide bonds. The van der Waals surface area contributed by atoms with Gasteiger partial charge >= 0.3 is 0 Å². The Balaban J connectivity index is 1.53. The number of hydrogen-bond donors (Lipinski definition) is 0. The van der Waals surface area contributed by atoms with Crippen molar-refractivity contribution in [3.05, 3.63) is 102 Å². The van der Waals surface area contributed by atoms with Crippen LogP contribution in [0.5, 0.6) is 0 Å². The quantitative estimate of drug-likeness (QED) is 0.450. The van der Waals surface area contributed by atoms with E-state index in [-0.39, 0.29) is 0 Å². The highest BCUT2D eigenvalue weighted by atomic mass is 15.4. The highest BCUT2D eigenvalue weighted by Crippen LogP contribution is 2.45. The lowest BCUT2D eigenvalue weighted by Crippen LogP contribution is -2.65. The molecule has 28 heavy (non-hydrogen) atoms. The Morgan fingerprint density at radius 1 is 1.07 bits per heavy atom. The number of fused-ring (bicyclic) bond motifs is 4. The van der Waals surface area contributed by atoms with Crippen LogP contribution in [0.25, 0.3) is 10.9 Å². The van der Waals surface area contributed by atoms with Gasteiger partial charge in [-0.15, -0.1) is 12.3 Å². The van der Waals surface area contributed by atoms with Crippen LogP contribution in [0.3, 0.4) is 0 Å². The van der Waals surface area contributed by atoms with E-state index in [1.165, 1.54) is 42.6 Å². The van der Waals surface area contributed by atoms with Crippen LogP contribution in [-0.2, 0) is 6.54 Å². The average Bonchev–Trinajstić information content (AvgIpc) is 2.75. The first kappa shape index (κ1) is 17.5. The minimum Gasteiger partial charge on any atom is -0.664 e. The van der Waals surface area contributed by atoms with Gasteiger partial charge < -0.3 is 9.80 Å². The molecule has 2 bridgehead atoms. The molecule has 4 atom stereocenters. The van der Waals surface area contributed by atoms with E-state index in [4.69, 9.17) is 0 Å². The van der Waals surface area contributed by atoms with Gasteiger partial charge in [-0.3, -0.25) is 0 Å². The van der Waals surface area contributed by atoms with Gasteiger partial charge in [-0.1, -0.05) is 66.7 Å². The van der Waals surface area contributed by atoms with Crippen LogP contribution in [0.4, 0.5) is 5.69 Å². The molecule has 0 radical (unpaired) electrons. The third kappa shape index (κ3) is 3.02. The Kier molecular flexibility index (Phi) is 4.44. The summed E-state index contributed by atoms with van der Waals surface area (Å²) in [7, 11) is 0. The van der Waals surface area contributed by atoms with E-state index in [0.717, 1.165) is 22.6 Å². The fourth-order valence-corrected chi connectivity index (χ4v) is 5.60. The first-order chi connectivity index (χ1) is 13.8. The molecule has 0 saturated carbocycles. The Bertz CT molecular complexity index is 926. The normalized spacial score (nSPS) is 32.0. The fraction of sp³-hybridized carbons (Fsp3) is 0.308. The molecule has 0 aliphatic carbocycles. The van der Waals surface area contributed by atoms with Crippen molar-refractivity contribution in [1.29, 1.82) is 0 Å². The minimum absolute atomic E-state index is 0.556. The molecule has 2 aromatic carbocycles. The van der Waals surface area contributed by atoms with E-state index in [2.05, 4.69) is 84.7 Å². The van der Waals surface area contributed by atoms with Gasteiger partial charge in [-0.05, 0) is 23.1 Å². The van der Waals surface area contributed by atoms with E-state index in [1.807, 2.05) is 6.20 Å². The molecule has 0 spiro atoms. The van der Waals surface area contributed by atoms with Gasteiger partial charge in [-0.25, -0.2) is 0 Å². The molecular formula is C26H28N2. The van der Waals surface area contributed by atoms with E-state index in [0.29, 0.717) is 12.0 Å². The van der Waals surface area contributed by atoms with Crippen molar-refractivity contribution >= 4 is 11.3 Å². The monoisotopic (exact) mass is 368 g/mol. The zero-order chi connectivity index (χ0) is 19.0. The standard InChI is InChI=1S/C26H28N2/c1-2-21-19-28(18-20-8-4-3-5-9-20)15-13-22(21)16-24(28)17-23-12-14-27-26-11-7-6-10-25(23)26/h2-12,14,17,21-22,24H,1,13,15-16,18-19H2/b23-17+. The summed E-state index contributed by atoms with van der Waals surface area (Å²) in [6, 6.07) is 20.1. The number of benzene rings is 2. The summed E-state index contributed by atoms with van der Waals surface area (Å²) in [5.74, 6) is 1.43. The topological polar surface area (TPSA) is 14.1 Å². The van der Waals surface area contributed by atoms with Crippen LogP contribution in [0.2, 0.25) is 0 Å². The molecule has 2 heteroatoms. The summed E-state index contributed by atoms with van der Waals surface area (Å²) in [5, 5.41) is 4.55. The molecule has 4 unspecified atom stereocenters. The highest BCUT2D eigenvalue weighted by Gasteiger charge is 2.50. The Morgan fingerprint density at radius 2 is 1.89 bits per heavy atom. The van der Waals surface area contributed by atoms with Gasteiger partial charge in [0.15, 0.2) is 0 Å². The van der Waals surface area contributed by atoms with Crippen LogP contribution in [0, 0.1) is 11.8 Å². The third-order valence-corrected chi connectivity index (χ3v) is 7.07. The lowest BCUT2D eigenvalue weighted by Gasteiger charge is -2.56. The van der Waals surface area contributed by atoms with Crippen LogP contribution in [0.15, 0.2) is 85.6 Å². The molecule has 0 aromatic heterocycles. The van der Waals surface area contributed by atoms with Crippen molar-refractivity contribution in [2.24, 2.45) is 11.8 Å². The van der Waals surface area contributed by atoms with Crippen molar-refractivity contribution < 1.29 is 4.48 Å². The second-order valence-electron chi connectivity index (χ2n) is 8.60. The molecular weight excluding hydrogens is 340 g/mol. The number of quaternary nitrogens is 1. The molecule has 3 fully saturated rings. The fourth-order valence-electron chi connectivity index (χ4n) is 5.60. The molecule has 142 valence electrons. The Hall–Kier alpha value is -2.58. The summed E-state index contributed by atoms with van der Waals surface area (Å²) >= 11 is 0. The van der Waals surface area contributed by atoms with Crippen LogP contribution in [-0.4, -0.2) is 23.6 Å². The van der Waals surface area contributed by atoms with Crippen molar-refractivity contribution in [2.75, 3.05) is 13.1 Å². The average molecular weight is 369 g/mol. The third-order valence-electron chi connectivity index (χ3n) is 7.07. The van der Waals surface area contributed by atoms with Crippen molar-refractivity contribution in [3.8, 4) is 0 Å². The van der Waals surface area contributed by atoms with Gasteiger partial charge in [0.05, 0.1) is 13.1 Å². The van der Waals surface area contributed by atoms with Crippen LogP contribution >= 0.6 is 0 Å². The molecule has 2 nitrogen and oxygen atoms in total. The molecule has 4 aliphatic rings. The minimum atomic E-state index is 0.556. The van der Waals surface area contributed by atoms with E-state index >= 15 is 0 Å². The van der Waals surface area contributed by atoms with Crippen LogP contribution in [0.1, 0.15) is 24.0 Å². The number of rotatable bonds is 4. The summed E-state index contributed by atoms with van der Waals surface area (Å²) in [6.45, 7) is 7.76. The van der Waals surface area contributed by atoms with Gasteiger partial charge in [0, 0.05) is 24.3 Å². The van der Waals surface area contributed by atoms with Crippen molar-refractivity contribution in [1.82, 2.24) is 0 Å². The number of para-hydroxylation sites is 1. The number of piperidine rings is 3. The molecule has 4 heterocycles. The van der Waals surface area contributed by atoms with Gasteiger partial charge in [0.1, 0.15) is 12.6 Å². The van der Waals surface area contributed by atoms with Gasteiger partial charge in [0.25, 0.3) is 0 Å². The Labute approximate surface area is 168 Å². The molecule has 0 N–H and O–H groups in total. The van der Waals surface area contributed by atoms with E-state index in [9.17, 15) is 0 Å². The van der Waals surface area contributed by atoms with Gasteiger partial charge in [0.2, 0.25) is 0 Å². The van der Waals surface area contributed by atoms with E-state index < -0.39 is 0 Å². The highest BCUT2D eigenvalue weighted by molar-refractivity contribution is 5.87. The maximum absolute atomic E-state index is 4.55. The summed E-state index contributed by atoms with van der Waals surface area (Å²) < 4.78 is 1.16. The number of nitrogens with zero attached hydrogens (tertiary/aromatic N) is 2. The zero-order valence-electron chi connectivity index (χ0n) is 16.4. The molecule has 4 aliphatic heterocycles. The van der Waals surface area contributed by atoms with E-state index in [1.54, 1.807) is 0 Å². The number of hydrogen-bond acceptors (Lipinski definition) is 0. The predicted molar refractivity (Wildman–Crippen MR) is 117 cm³/mol. The summed E-state index contributed by atoms with van der Waals surface area (Å²) in [4.78, 5) is 0. The summed E-state index contributed by atoms with van der Waals surface area (Å²) in [5.41, 5.74) is 5.14. The predicted octanol–water partition coefficient (Wildman–Crippen LogP) is 6.21. The first-order valence-electron chi connectivity index (χ1n) is 10.5. The molecule has 3 saturated heterocycles. The maximum Gasteiger partial charge on any atom is 0.109 e. The van der Waals surface area contributed by atoms with Gasteiger partial charge in [-0.2, -0.15) is 6.20 Å². The second kappa shape index (κ2) is 7.10.